The van der Waals surface area contributed by atoms with E-state index in [0.29, 0.717) is 5.69 Å². The summed E-state index contributed by atoms with van der Waals surface area (Å²) in [6.07, 6.45) is 0. The summed E-state index contributed by atoms with van der Waals surface area (Å²) in [5.41, 5.74) is 13.5. The number of benzene rings is 1. The third-order valence-corrected chi connectivity index (χ3v) is 1.64. The molecule has 1 rings (SSSR count). The van der Waals surface area contributed by atoms with Crippen molar-refractivity contribution in [2.45, 2.75) is 6.92 Å². The molecule has 0 aliphatic carbocycles. The molecule has 1 aromatic rings. The number of anilines is 1. The van der Waals surface area contributed by atoms with Crippen LogP contribution in [0.2, 0.25) is 0 Å². The van der Waals surface area contributed by atoms with E-state index in [1.54, 1.807) is 6.07 Å². The van der Waals surface area contributed by atoms with Crippen LogP contribution in [-0.4, -0.2) is 5.84 Å². The number of amidine groups is 1. The Morgan fingerprint density at radius 3 is 2.55 bits per heavy atom. The van der Waals surface area contributed by atoms with E-state index in [0.717, 1.165) is 11.1 Å². The van der Waals surface area contributed by atoms with Crippen molar-refractivity contribution < 1.29 is 5.41 Å². The molecule has 1 aromatic carbocycles. The van der Waals surface area contributed by atoms with Crippen molar-refractivity contribution in [1.82, 2.24) is 0 Å². The lowest BCUT2D eigenvalue weighted by Crippen LogP contribution is -2.46. The lowest BCUT2D eigenvalue weighted by Gasteiger charge is -2.02. The largest absolute Gasteiger partial charge is 0.398 e. The second-order valence-electron chi connectivity index (χ2n) is 2.49. The van der Waals surface area contributed by atoms with Crippen LogP contribution in [0.5, 0.6) is 0 Å². The second kappa shape index (κ2) is 2.62. The third-order valence-electron chi connectivity index (χ3n) is 1.64. The first-order chi connectivity index (χ1) is 5.13. The molecule has 0 radical (unpaired) electrons. The van der Waals surface area contributed by atoms with Gasteiger partial charge in [0.2, 0.25) is 0 Å². The summed E-state index contributed by atoms with van der Waals surface area (Å²) >= 11 is 0. The Morgan fingerprint density at radius 2 is 2.09 bits per heavy atom. The maximum atomic E-state index is 5.70. The predicted molar refractivity (Wildman–Crippen MR) is 45.8 cm³/mol. The van der Waals surface area contributed by atoms with E-state index in [-0.39, 0.29) is 5.84 Å². The van der Waals surface area contributed by atoms with Gasteiger partial charge in [-0.1, -0.05) is 12.1 Å². The van der Waals surface area contributed by atoms with Gasteiger partial charge < -0.3 is 5.73 Å². The molecule has 0 amide bonds. The molecule has 58 valence electrons. The summed E-state index contributed by atoms with van der Waals surface area (Å²) in [6, 6.07) is 5.60. The maximum absolute atomic E-state index is 5.70. The SMILES string of the molecule is Cc1cccc(C(N)=[NH2+])c1N. The van der Waals surface area contributed by atoms with Gasteiger partial charge in [-0.3, -0.25) is 11.1 Å². The summed E-state index contributed by atoms with van der Waals surface area (Å²) in [5, 5.41) is 5.40. The third kappa shape index (κ3) is 1.32. The normalized spacial score (nSPS) is 9.55. The molecule has 11 heavy (non-hydrogen) atoms. The van der Waals surface area contributed by atoms with E-state index in [4.69, 9.17) is 16.9 Å². The smallest absolute Gasteiger partial charge is 0.272 e. The Labute approximate surface area is 65.5 Å². The number of rotatable bonds is 1. The Bertz CT molecular complexity index is 291. The van der Waals surface area contributed by atoms with Gasteiger partial charge in [0.1, 0.15) is 0 Å². The summed E-state index contributed by atoms with van der Waals surface area (Å²) in [4.78, 5) is 0. The Morgan fingerprint density at radius 1 is 1.45 bits per heavy atom. The molecule has 0 aliphatic heterocycles. The maximum Gasteiger partial charge on any atom is 0.272 e. The fourth-order valence-corrected chi connectivity index (χ4v) is 0.932. The lowest BCUT2D eigenvalue weighted by molar-refractivity contribution is -0.114. The molecular formula is C8H12N3+. The monoisotopic (exact) mass is 150 g/mol. The highest BCUT2D eigenvalue weighted by atomic mass is 14.7. The number of hydrogen-bond donors (Lipinski definition) is 3. The number of aryl methyl sites for hydroxylation is 1. The molecule has 3 heteroatoms. The Kier molecular flexibility index (Phi) is 1.81. The van der Waals surface area contributed by atoms with Gasteiger partial charge in [0, 0.05) is 5.69 Å². The first-order valence-electron chi connectivity index (χ1n) is 3.36. The lowest BCUT2D eigenvalue weighted by atomic mass is 10.1. The molecule has 0 fully saturated rings. The first-order valence-corrected chi connectivity index (χ1v) is 3.36. The van der Waals surface area contributed by atoms with Crippen molar-refractivity contribution >= 4 is 11.5 Å². The molecule has 0 unspecified atom stereocenters. The van der Waals surface area contributed by atoms with Crippen LogP contribution in [0.4, 0.5) is 5.69 Å². The molecule has 0 saturated heterocycles. The molecule has 0 atom stereocenters. The molecule has 0 aromatic heterocycles. The highest BCUT2D eigenvalue weighted by Gasteiger charge is 2.06. The Hall–Kier alpha value is -1.51. The first kappa shape index (κ1) is 7.60. The van der Waals surface area contributed by atoms with Gasteiger partial charge in [-0.05, 0) is 18.6 Å². The predicted octanol–water partition coefficient (Wildman–Crippen LogP) is -0.958. The average molecular weight is 150 g/mol. The molecule has 0 aliphatic rings. The van der Waals surface area contributed by atoms with Gasteiger partial charge in [0.05, 0.1) is 5.56 Å². The zero-order valence-electron chi connectivity index (χ0n) is 6.46. The molecule has 0 saturated carbocycles. The van der Waals surface area contributed by atoms with E-state index in [2.05, 4.69) is 0 Å². The van der Waals surface area contributed by atoms with Crippen molar-refractivity contribution in [2.24, 2.45) is 5.73 Å². The zero-order valence-corrected chi connectivity index (χ0v) is 6.46. The van der Waals surface area contributed by atoms with E-state index >= 15 is 0 Å². The molecule has 0 heterocycles. The molecule has 0 spiro atoms. The van der Waals surface area contributed by atoms with E-state index in [1.165, 1.54) is 0 Å². The fourth-order valence-electron chi connectivity index (χ4n) is 0.932. The highest BCUT2D eigenvalue weighted by molar-refractivity contribution is 5.98. The Balaban J connectivity index is 3.27. The topological polar surface area (TPSA) is 77.6 Å². The van der Waals surface area contributed by atoms with E-state index in [1.807, 2.05) is 19.1 Å². The van der Waals surface area contributed by atoms with Crippen molar-refractivity contribution in [3.8, 4) is 0 Å². The second-order valence-corrected chi connectivity index (χ2v) is 2.49. The number of nitrogens with two attached hydrogens (primary N) is 3. The number of nitrogen functional groups attached to an aromatic ring is 1. The van der Waals surface area contributed by atoms with Crippen molar-refractivity contribution in [3.05, 3.63) is 29.3 Å². The molecule has 3 nitrogen and oxygen atoms in total. The van der Waals surface area contributed by atoms with Crippen LogP contribution in [0.15, 0.2) is 18.2 Å². The van der Waals surface area contributed by atoms with Crippen molar-refractivity contribution in [3.63, 3.8) is 0 Å². The van der Waals surface area contributed by atoms with Crippen LogP contribution in [0, 0.1) is 6.92 Å². The standard InChI is InChI=1S/C8H11N3/c1-5-3-2-4-6(7(5)9)8(10)11/h2-4H,9H2,1H3,(H3,10,11)/p+1. The highest BCUT2D eigenvalue weighted by Crippen LogP contribution is 2.14. The van der Waals surface area contributed by atoms with Gasteiger partial charge in [0.15, 0.2) is 0 Å². The fraction of sp³-hybridized carbons (Fsp3) is 0.125. The minimum atomic E-state index is 0.270. The van der Waals surface area contributed by atoms with Crippen LogP contribution < -0.4 is 16.9 Å². The summed E-state index contributed by atoms with van der Waals surface area (Å²) in [6.45, 7) is 1.92. The van der Waals surface area contributed by atoms with Gasteiger partial charge in [0.25, 0.3) is 5.84 Å². The minimum Gasteiger partial charge on any atom is -0.398 e. The van der Waals surface area contributed by atoms with Gasteiger partial charge in [-0.25, -0.2) is 0 Å². The van der Waals surface area contributed by atoms with Crippen LogP contribution in [0.1, 0.15) is 11.1 Å². The summed E-state index contributed by atoms with van der Waals surface area (Å²) < 4.78 is 0. The quantitative estimate of drug-likeness (QED) is 0.274. The van der Waals surface area contributed by atoms with Gasteiger partial charge in [-0.15, -0.1) is 0 Å². The van der Waals surface area contributed by atoms with Gasteiger partial charge >= 0.3 is 0 Å². The van der Waals surface area contributed by atoms with Crippen LogP contribution >= 0.6 is 0 Å². The van der Waals surface area contributed by atoms with Crippen LogP contribution in [0.3, 0.4) is 0 Å². The summed E-state index contributed by atoms with van der Waals surface area (Å²) in [7, 11) is 0. The van der Waals surface area contributed by atoms with E-state index < -0.39 is 0 Å². The zero-order chi connectivity index (χ0) is 8.43. The van der Waals surface area contributed by atoms with Crippen LogP contribution in [0.25, 0.3) is 0 Å². The van der Waals surface area contributed by atoms with Gasteiger partial charge in [-0.2, -0.15) is 0 Å². The molecule has 0 bridgehead atoms. The summed E-state index contributed by atoms with van der Waals surface area (Å²) in [5.74, 6) is 0.270. The van der Waals surface area contributed by atoms with Crippen molar-refractivity contribution in [1.29, 1.82) is 0 Å². The van der Waals surface area contributed by atoms with E-state index in [9.17, 15) is 0 Å². The number of para-hydroxylation sites is 1. The molecule has 6 N–H and O–H groups in total. The molecular weight excluding hydrogens is 138 g/mol. The van der Waals surface area contributed by atoms with Crippen LogP contribution in [-0.2, 0) is 0 Å². The minimum absolute atomic E-state index is 0.270. The number of hydrogen-bond acceptors (Lipinski definition) is 1. The average Bonchev–Trinajstić information content (AvgIpc) is 1.94. The van der Waals surface area contributed by atoms with Crippen molar-refractivity contribution in [2.75, 3.05) is 5.73 Å².